The third kappa shape index (κ3) is 4.56. The molecular formula is C16H16NO4S2-. The Labute approximate surface area is 144 Å². The highest BCUT2D eigenvalue weighted by Gasteiger charge is 2.32. The van der Waals surface area contributed by atoms with Crippen molar-refractivity contribution in [2.75, 3.05) is 13.2 Å². The lowest BCUT2D eigenvalue weighted by molar-refractivity contribution is -0.305. The van der Waals surface area contributed by atoms with E-state index in [2.05, 4.69) is 6.92 Å². The van der Waals surface area contributed by atoms with E-state index in [1.807, 2.05) is 24.3 Å². The number of thioether (sulfide) groups is 1. The molecule has 23 heavy (non-hydrogen) atoms. The van der Waals surface area contributed by atoms with Crippen molar-refractivity contribution in [1.82, 2.24) is 4.90 Å². The summed E-state index contributed by atoms with van der Waals surface area (Å²) in [4.78, 5) is 24.4. The number of carboxylic acids is 1. The monoisotopic (exact) mass is 350 g/mol. The van der Waals surface area contributed by atoms with E-state index in [9.17, 15) is 14.7 Å². The maximum absolute atomic E-state index is 12.2. The number of hydrogen-bond acceptors (Lipinski definition) is 6. The Bertz CT molecular complexity index is 657. The molecule has 1 heterocycles. The minimum atomic E-state index is -1.34. The summed E-state index contributed by atoms with van der Waals surface area (Å²) in [6.45, 7) is 2.15. The number of unbranched alkanes of at least 4 members (excludes halogenated alkanes) is 1. The molecule has 1 saturated heterocycles. The quantitative estimate of drug-likeness (QED) is 0.424. The van der Waals surface area contributed by atoms with Gasteiger partial charge in [-0.25, -0.2) is 0 Å². The maximum Gasteiger partial charge on any atom is 0.266 e. The van der Waals surface area contributed by atoms with E-state index in [1.165, 1.54) is 0 Å². The van der Waals surface area contributed by atoms with Gasteiger partial charge in [0.05, 0.1) is 24.0 Å². The molecule has 0 radical (unpaired) electrons. The Morgan fingerprint density at radius 3 is 2.87 bits per heavy atom. The van der Waals surface area contributed by atoms with Crippen LogP contribution in [0.4, 0.5) is 0 Å². The summed E-state index contributed by atoms with van der Waals surface area (Å²) >= 11 is 6.13. The first-order valence-electron chi connectivity index (χ1n) is 7.20. The summed E-state index contributed by atoms with van der Waals surface area (Å²) in [6, 6.07) is 7.39. The van der Waals surface area contributed by atoms with Crippen LogP contribution in [0.15, 0.2) is 29.2 Å². The summed E-state index contributed by atoms with van der Waals surface area (Å²) in [5, 5.41) is 10.7. The molecule has 0 aliphatic carbocycles. The molecule has 0 atom stereocenters. The van der Waals surface area contributed by atoms with Crippen LogP contribution in [0, 0.1) is 0 Å². The summed E-state index contributed by atoms with van der Waals surface area (Å²) in [5.74, 6) is -1.08. The molecule has 122 valence electrons. The zero-order chi connectivity index (χ0) is 16.8. The molecular weight excluding hydrogens is 334 g/mol. The van der Waals surface area contributed by atoms with Crippen molar-refractivity contribution < 1.29 is 19.4 Å². The molecule has 1 aromatic carbocycles. The van der Waals surface area contributed by atoms with Gasteiger partial charge in [0.15, 0.2) is 0 Å². The molecule has 0 unspecified atom stereocenters. The number of ether oxygens (including phenoxy) is 1. The van der Waals surface area contributed by atoms with Gasteiger partial charge in [-0.2, -0.15) is 0 Å². The van der Waals surface area contributed by atoms with Gasteiger partial charge in [-0.1, -0.05) is 55.5 Å². The molecule has 0 bridgehead atoms. The molecule has 0 saturated carbocycles. The van der Waals surface area contributed by atoms with Crippen LogP contribution < -0.4 is 9.84 Å². The number of carboxylic acid groups (broad SMARTS) is 1. The van der Waals surface area contributed by atoms with Crippen molar-refractivity contribution in [3.63, 3.8) is 0 Å². The SMILES string of the molecule is CCCCOc1ccccc1/C=C1\SC(=S)N(CC(=O)[O-])C1=O. The zero-order valence-corrected chi connectivity index (χ0v) is 14.2. The lowest BCUT2D eigenvalue weighted by atomic mass is 10.2. The van der Waals surface area contributed by atoms with E-state index < -0.39 is 18.4 Å². The third-order valence-electron chi connectivity index (χ3n) is 3.12. The number of carbonyl (C=O) groups excluding carboxylic acids is 2. The van der Waals surface area contributed by atoms with Gasteiger partial charge < -0.3 is 14.6 Å². The lowest BCUT2D eigenvalue weighted by Crippen LogP contribution is -2.40. The molecule has 5 nitrogen and oxygen atoms in total. The van der Waals surface area contributed by atoms with Crippen LogP contribution in [0.2, 0.25) is 0 Å². The van der Waals surface area contributed by atoms with Crippen LogP contribution in [0.3, 0.4) is 0 Å². The van der Waals surface area contributed by atoms with Crippen LogP contribution in [-0.2, 0) is 9.59 Å². The molecule has 1 aliphatic rings. The second-order valence-corrected chi connectivity index (χ2v) is 6.56. The standard InChI is InChI=1S/C16H17NO4S2/c1-2-3-8-21-12-7-5-4-6-11(12)9-13-15(20)17(10-14(18)19)16(22)23-13/h4-7,9H,2-3,8,10H2,1H3,(H,18,19)/p-1/b13-9-. The fourth-order valence-corrected chi connectivity index (χ4v) is 3.21. The van der Waals surface area contributed by atoms with Crippen LogP contribution >= 0.6 is 24.0 Å². The highest BCUT2D eigenvalue weighted by atomic mass is 32.2. The van der Waals surface area contributed by atoms with Crippen molar-refractivity contribution >= 4 is 46.3 Å². The molecule has 7 heteroatoms. The fourth-order valence-electron chi connectivity index (χ4n) is 1.96. The van der Waals surface area contributed by atoms with Crippen LogP contribution in [0.5, 0.6) is 5.75 Å². The van der Waals surface area contributed by atoms with Crippen LogP contribution in [0.25, 0.3) is 6.08 Å². The number of para-hydroxylation sites is 1. The van der Waals surface area contributed by atoms with Gasteiger partial charge in [-0.05, 0) is 18.6 Å². The van der Waals surface area contributed by atoms with Crippen molar-refractivity contribution in [2.45, 2.75) is 19.8 Å². The van der Waals surface area contributed by atoms with Crippen molar-refractivity contribution in [3.05, 3.63) is 34.7 Å². The molecule has 2 rings (SSSR count). The summed E-state index contributed by atoms with van der Waals surface area (Å²) in [6.07, 6.45) is 3.65. The lowest BCUT2D eigenvalue weighted by Gasteiger charge is -2.14. The molecule has 1 aliphatic heterocycles. The average molecular weight is 350 g/mol. The van der Waals surface area contributed by atoms with Gasteiger partial charge in [-0.3, -0.25) is 9.69 Å². The summed E-state index contributed by atoms with van der Waals surface area (Å²) < 4.78 is 5.94. The van der Waals surface area contributed by atoms with E-state index in [0.717, 1.165) is 35.1 Å². The number of thiocarbonyl (C=S) groups is 1. The van der Waals surface area contributed by atoms with Gasteiger partial charge in [0.1, 0.15) is 10.1 Å². The molecule has 0 spiro atoms. The molecule has 0 aromatic heterocycles. The van der Waals surface area contributed by atoms with Gasteiger partial charge in [0, 0.05) is 5.56 Å². The topological polar surface area (TPSA) is 69.7 Å². The Kier molecular flexibility index (Phi) is 6.18. The number of nitrogens with zero attached hydrogens (tertiary/aromatic N) is 1. The summed E-state index contributed by atoms with van der Waals surface area (Å²) in [5.41, 5.74) is 0.762. The number of hydrogen-bond donors (Lipinski definition) is 0. The number of benzene rings is 1. The number of carbonyl (C=O) groups is 2. The Hall–Kier alpha value is -1.86. The third-order valence-corrected chi connectivity index (χ3v) is 4.50. The van der Waals surface area contributed by atoms with Crippen LogP contribution in [0.1, 0.15) is 25.3 Å². The molecule has 0 N–H and O–H groups in total. The Morgan fingerprint density at radius 1 is 1.43 bits per heavy atom. The van der Waals surface area contributed by atoms with Crippen molar-refractivity contribution in [3.8, 4) is 5.75 Å². The maximum atomic E-state index is 12.2. The minimum Gasteiger partial charge on any atom is -0.548 e. The fraction of sp³-hybridized carbons (Fsp3) is 0.312. The number of rotatable bonds is 7. The smallest absolute Gasteiger partial charge is 0.266 e. The normalized spacial score (nSPS) is 16.2. The second-order valence-electron chi connectivity index (χ2n) is 4.88. The average Bonchev–Trinajstić information content (AvgIpc) is 2.76. The largest absolute Gasteiger partial charge is 0.548 e. The van der Waals surface area contributed by atoms with Crippen LogP contribution in [-0.4, -0.2) is 34.2 Å². The highest BCUT2D eigenvalue weighted by molar-refractivity contribution is 8.26. The molecule has 1 aromatic rings. The Balaban J connectivity index is 2.20. The molecule has 1 amide bonds. The van der Waals surface area contributed by atoms with Crippen molar-refractivity contribution in [2.24, 2.45) is 0 Å². The number of amides is 1. The van der Waals surface area contributed by atoms with Gasteiger partial charge in [-0.15, -0.1) is 0 Å². The first-order chi connectivity index (χ1) is 11.0. The summed E-state index contributed by atoms with van der Waals surface area (Å²) in [7, 11) is 0. The van der Waals surface area contributed by atoms with E-state index in [4.69, 9.17) is 17.0 Å². The highest BCUT2D eigenvalue weighted by Crippen LogP contribution is 2.34. The van der Waals surface area contributed by atoms with Crippen molar-refractivity contribution in [1.29, 1.82) is 0 Å². The first-order valence-corrected chi connectivity index (χ1v) is 8.42. The Morgan fingerprint density at radius 2 is 2.17 bits per heavy atom. The number of aliphatic carboxylic acids is 1. The van der Waals surface area contributed by atoms with E-state index in [1.54, 1.807) is 6.08 Å². The predicted molar refractivity (Wildman–Crippen MR) is 91.7 cm³/mol. The zero-order valence-electron chi connectivity index (χ0n) is 12.6. The van der Waals surface area contributed by atoms with Gasteiger partial charge in [0.2, 0.25) is 0 Å². The first kappa shape index (κ1) is 17.5. The minimum absolute atomic E-state index is 0.217. The van der Waals surface area contributed by atoms with Gasteiger partial charge >= 0.3 is 0 Å². The van der Waals surface area contributed by atoms with E-state index >= 15 is 0 Å². The van der Waals surface area contributed by atoms with Gasteiger partial charge in [0.25, 0.3) is 5.91 Å². The van der Waals surface area contributed by atoms with E-state index in [-0.39, 0.29) is 4.32 Å². The predicted octanol–water partition coefficient (Wildman–Crippen LogP) is 1.82. The van der Waals surface area contributed by atoms with E-state index in [0.29, 0.717) is 17.3 Å². The molecule has 1 fully saturated rings. The second kappa shape index (κ2) is 8.12.